The van der Waals surface area contributed by atoms with Gasteiger partial charge in [0.15, 0.2) is 5.78 Å². The zero-order valence-corrected chi connectivity index (χ0v) is 17.4. The highest BCUT2D eigenvalue weighted by Gasteiger charge is 2.18. The lowest BCUT2D eigenvalue weighted by atomic mass is 10.0. The number of carbonyl (C=O) groups is 1. The lowest BCUT2D eigenvalue weighted by Gasteiger charge is -2.07. The summed E-state index contributed by atoms with van der Waals surface area (Å²) in [6.07, 6.45) is 1.44. The van der Waals surface area contributed by atoms with E-state index in [-0.39, 0.29) is 17.9 Å². The SMILES string of the molecule is COc1ccc(C(=O)Cn2cnc3sc(C)c(-c4ccc(Cl)cc4)c3c2=O)cc1. The third-order valence-electron chi connectivity index (χ3n) is 4.71. The number of ketones is 1. The normalized spacial score (nSPS) is 11.0. The Morgan fingerprint density at radius 1 is 1.14 bits per heavy atom. The summed E-state index contributed by atoms with van der Waals surface area (Å²) in [5.74, 6) is 0.499. The molecule has 0 saturated carbocycles. The molecule has 0 aliphatic heterocycles. The Morgan fingerprint density at radius 2 is 1.83 bits per heavy atom. The molecule has 2 aromatic heterocycles. The molecule has 5 nitrogen and oxygen atoms in total. The monoisotopic (exact) mass is 424 g/mol. The molecule has 0 bridgehead atoms. The maximum Gasteiger partial charge on any atom is 0.263 e. The first kappa shape index (κ1) is 19.4. The number of nitrogens with zero attached hydrogens (tertiary/aromatic N) is 2. The molecule has 0 N–H and O–H groups in total. The quantitative estimate of drug-likeness (QED) is 0.424. The smallest absolute Gasteiger partial charge is 0.263 e. The van der Waals surface area contributed by atoms with E-state index in [4.69, 9.17) is 16.3 Å². The predicted molar refractivity (Wildman–Crippen MR) is 116 cm³/mol. The molecule has 0 aliphatic rings. The van der Waals surface area contributed by atoms with Crippen molar-refractivity contribution in [2.24, 2.45) is 0 Å². The van der Waals surface area contributed by atoms with Crippen LogP contribution in [-0.4, -0.2) is 22.4 Å². The van der Waals surface area contributed by atoms with Gasteiger partial charge >= 0.3 is 0 Å². The van der Waals surface area contributed by atoms with E-state index < -0.39 is 0 Å². The molecule has 0 unspecified atom stereocenters. The number of carbonyl (C=O) groups excluding carboxylic acids is 1. The summed E-state index contributed by atoms with van der Waals surface area (Å²) in [5.41, 5.74) is 2.02. The van der Waals surface area contributed by atoms with Crippen molar-refractivity contribution >= 4 is 38.9 Å². The molecule has 146 valence electrons. The molecule has 0 fully saturated rings. The zero-order valence-electron chi connectivity index (χ0n) is 15.8. The molecule has 7 heteroatoms. The van der Waals surface area contributed by atoms with E-state index in [2.05, 4.69) is 4.98 Å². The standard InChI is InChI=1S/C22H17ClN2O3S/c1-13-19(15-3-7-16(23)8-4-15)20-21(29-13)24-12-25(22(20)27)11-18(26)14-5-9-17(28-2)10-6-14/h3-10,12H,11H2,1-2H3. The van der Waals surface area contributed by atoms with E-state index in [1.165, 1.54) is 22.2 Å². The first-order valence-corrected chi connectivity index (χ1v) is 10.1. The summed E-state index contributed by atoms with van der Waals surface area (Å²) in [5, 5.41) is 1.16. The van der Waals surface area contributed by atoms with Crippen LogP contribution >= 0.6 is 22.9 Å². The molecule has 0 aliphatic carbocycles. The number of thiophene rings is 1. The Kier molecular flexibility index (Phi) is 5.22. The van der Waals surface area contributed by atoms with Crippen LogP contribution in [0.5, 0.6) is 5.75 Å². The molecule has 0 radical (unpaired) electrons. The van der Waals surface area contributed by atoms with Crippen LogP contribution in [0, 0.1) is 6.92 Å². The summed E-state index contributed by atoms with van der Waals surface area (Å²) in [7, 11) is 1.57. The minimum Gasteiger partial charge on any atom is -0.497 e. The van der Waals surface area contributed by atoms with Crippen molar-refractivity contribution in [1.82, 2.24) is 9.55 Å². The van der Waals surface area contributed by atoms with Crippen LogP contribution in [0.4, 0.5) is 0 Å². The molecule has 2 heterocycles. The van der Waals surface area contributed by atoms with Crippen molar-refractivity contribution in [2.75, 3.05) is 7.11 Å². The van der Waals surface area contributed by atoms with Crippen molar-refractivity contribution in [1.29, 1.82) is 0 Å². The molecule has 4 rings (SSSR count). The maximum atomic E-state index is 13.2. The number of ether oxygens (including phenoxy) is 1. The molecule has 0 saturated heterocycles. The fourth-order valence-corrected chi connectivity index (χ4v) is 4.37. The number of fused-ring (bicyclic) bond motifs is 1. The van der Waals surface area contributed by atoms with Gasteiger partial charge in [0.25, 0.3) is 5.56 Å². The van der Waals surface area contributed by atoms with Gasteiger partial charge in [-0.3, -0.25) is 14.2 Å². The molecule has 29 heavy (non-hydrogen) atoms. The first-order chi connectivity index (χ1) is 14.0. The minimum atomic E-state index is -0.230. The summed E-state index contributed by atoms with van der Waals surface area (Å²) in [4.78, 5) is 31.9. The van der Waals surface area contributed by atoms with E-state index >= 15 is 0 Å². The molecule has 0 spiro atoms. The number of aryl methyl sites for hydroxylation is 1. The lowest BCUT2D eigenvalue weighted by molar-refractivity contribution is 0.0970. The fourth-order valence-electron chi connectivity index (χ4n) is 3.24. The van der Waals surface area contributed by atoms with Crippen molar-refractivity contribution in [2.45, 2.75) is 13.5 Å². The van der Waals surface area contributed by atoms with E-state index in [0.717, 1.165) is 16.0 Å². The Balaban J connectivity index is 1.75. The van der Waals surface area contributed by atoms with Gasteiger partial charge in [-0.25, -0.2) is 4.98 Å². The van der Waals surface area contributed by atoms with Gasteiger partial charge in [-0.1, -0.05) is 23.7 Å². The van der Waals surface area contributed by atoms with E-state index in [1.54, 1.807) is 43.5 Å². The largest absolute Gasteiger partial charge is 0.497 e. The second-order valence-corrected chi connectivity index (χ2v) is 8.19. The highest BCUT2D eigenvalue weighted by Crippen LogP contribution is 2.35. The van der Waals surface area contributed by atoms with Gasteiger partial charge in [0, 0.05) is 21.0 Å². The van der Waals surface area contributed by atoms with Crippen LogP contribution in [0.3, 0.4) is 0 Å². The Hall–Kier alpha value is -2.96. The van der Waals surface area contributed by atoms with Crippen molar-refractivity contribution < 1.29 is 9.53 Å². The minimum absolute atomic E-state index is 0.0803. The Labute approximate surface area is 176 Å². The molecule has 0 atom stereocenters. The third kappa shape index (κ3) is 3.69. The molecular weight excluding hydrogens is 408 g/mol. The van der Waals surface area contributed by atoms with E-state index in [1.807, 2.05) is 19.1 Å². The second-order valence-electron chi connectivity index (χ2n) is 6.55. The molecular formula is C22H17ClN2O3S. The topological polar surface area (TPSA) is 61.2 Å². The van der Waals surface area contributed by atoms with Crippen molar-refractivity contribution in [3.05, 3.63) is 80.7 Å². The highest BCUT2D eigenvalue weighted by molar-refractivity contribution is 7.19. The van der Waals surface area contributed by atoms with Gasteiger partial charge in [0.2, 0.25) is 0 Å². The van der Waals surface area contributed by atoms with E-state index in [9.17, 15) is 9.59 Å². The summed E-state index contributed by atoms with van der Waals surface area (Å²) < 4.78 is 6.48. The Morgan fingerprint density at radius 3 is 2.48 bits per heavy atom. The number of rotatable bonds is 5. The second kappa shape index (κ2) is 7.81. The van der Waals surface area contributed by atoms with Crippen LogP contribution in [0.2, 0.25) is 5.02 Å². The van der Waals surface area contributed by atoms with Gasteiger partial charge in [-0.15, -0.1) is 11.3 Å². The van der Waals surface area contributed by atoms with Gasteiger partial charge in [-0.2, -0.15) is 0 Å². The van der Waals surface area contributed by atoms with Gasteiger partial charge < -0.3 is 4.74 Å². The van der Waals surface area contributed by atoms with Crippen LogP contribution in [-0.2, 0) is 6.54 Å². The van der Waals surface area contributed by atoms with Crippen LogP contribution in [0.1, 0.15) is 15.2 Å². The summed E-state index contributed by atoms with van der Waals surface area (Å²) in [6, 6.07) is 14.2. The molecule has 4 aromatic rings. The van der Waals surface area contributed by atoms with Crippen LogP contribution < -0.4 is 10.3 Å². The molecule has 2 aromatic carbocycles. The van der Waals surface area contributed by atoms with Crippen molar-refractivity contribution in [3.8, 4) is 16.9 Å². The average molecular weight is 425 g/mol. The summed E-state index contributed by atoms with van der Waals surface area (Å²) in [6.45, 7) is 1.88. The zero-order chi connectivity index (χ0) is 20.5. The molecule has 0 amide bonds. The average Bonchev–Trinajstić information content (AvgIpc) is 3.07. The fraction of sp³-hybridized carbons (Fsp3) is 0.136. The number of hydrogen-bond donors (Lipinski definition) is 0. The Bertz CT molecular complexity index is 1260. The van der Waals surface area contributed by atoms with Gasteiger partial charge in [0.05, 0.1) is 25.4 Å². The third-order valence-corrected chi connectivity index (χ3v) is 5.98. The number of aromatic nitrogens is 2. The maximum absolute atomic E-state index is 13.2. The highest BCUT2D eigenvalue weighted by atomic mass is 35.5. The number of benzene rings is 2. The number of halogens is 1. The summed E-state index contributed by atoms with van der Waals surface area (Å²) >= 11 is 7.46. The predicted octanol–water partition coefficient (Wildman–Crippen LogP) is 4.98. The van der Waals surface area contributed by atoms with Crippen LogP contribution in [0.25, 0.3) is 21.3 Å². The van der Waals surface area contributed by atoms with Gasteiger partial charge in [0.1, 0.15) is 10.6 Å². The number of methoxy groups -OCH3 is 1. The van der Waals surface area contributed by atoms with Gasteiger partial charge in [-0.05, 0) is 48.9 Å². The van der Waals surface area contributed by atoms with E-state index in [0.29, 0.717) is 26.6 Å². The van der Waals surface area contributed by atoms with Crippen molar-refractivity contribution in [3.63, 3.8) is 0 Å². The lowest BCUT2D eigenvalue weighted by Crippen LogP contribution is -2.24. The number of Topliss-reactive ketones (excluding diaryl/α,β-unsaturated/α-hetero) is 1. The number of hydrogen-bond acceptors (Lipinski definition) is 5. The first-order valence-electron chi connectivity index (χ1n) is 8.89. The van der Waals surface area contributed by atoms with Crippen LogP contribution in [0.15, 0.2) is 59.7 Å².